The maximum absolute atomic E-state index is 13.8. The summed E-state index contributed by atoms with van der Waals surface area (Å²) in [5.74, 6) is -1.97. The van der Waals surface area contributed by atoms with Crippen molar-refractivity contribution >= 4 is 29.0 Å². The molecule has 0 N–H and O–H groups in total. The van der Waals surface area contributed by atoms with E-state index in [1.54, 1.807) is 6.92 Å². The first-order valence-electron chi connectivity index (χ1n) is 4.98. The Morgan fingerprint density at radius 1 is 1.41 bits per heavy atom. The maximum Gasteiger partial charge on any atom is 0.299 e. The number of carbonyl (C=O) groups excluding carboxylic acids is 2. The Morgan fingerprint density at radius 3 is 2.76 bits per heavy atom. The van der Waals surface area contributed by atoms with Gasteiger partial charge in [0, 0.05) is 12.1 Å². The lowest BCUT2D eigenvalue weighted by atomic mass is 10.1. The quantitative estimate of drug-likeness (QED) is 0.759. The lowest BCUT2D eigenvalue weighted by Gasteiger charge is -2.14. The first-order chi connectivity index (χ1) is 8.06. The smallest absolute Gasteiger partial charge is 0.298 e. The van der Waals surface area contributed by atoms with Crippen LogP contribution in [-0.4, -0.2) is 18.2 Å². The molecule has 5 heteroatoms. The van der Waals surface area contributed by atoms with Crippen molar-refractivity contribution in [3.63, 3.8) is 0 Å². The molecule has 1 aromatic rings. The summed E-state index contributed by atoms with van der Waals surface area (Å²) in [6, 6.07) is 2.81. The topological polar surface area (TPSA) is 37.4 Å². The summed E-state index contributed by atoms with van der Waals surface area (Å²) >= 11 is 5.36. The second kappa shape index (κ2) is 4.30. The summed E-state index contributed by atoms with van der Waals surface area (Å²) in [5.41, 5.74) is 2.00. The zero-order valence-corrected chi connectivity index (χ0v) is 9.79. The molecule has 88 valence electrons. The number of benzene rings is 1. The molecule has 0 atom stereocenters. The van der Waals surface area contributed by atoms with Gasteiger partial charge in [0.05, 0.1) is 11.3 Å². The van der Waals surface area contributed by atoms with Crippen molar-refractivity contribution in [2.45, 2.75) is 6.92 Å². The summed E-state index contributed by atoms with van der Waals surface area (Å²) < 4.78 is 13.8. The molecule has 1 aliphatic rings. The number of halogens is 2. The third-order valence-electron chi connectivity index (χ3n) is 2.54. The molecule has 0 unspecified atom stereocenters. The van der Waals surface area contributed by atoms with Crippen LogP contribution in [0.1, 0.15) is 15.9 Å². The highest BCUT2D eigenvalue weighted by atomic mass is 35.5. The molecule has 0 fully saturated rings. The van der Waals surface area contributed by atoms with E-state index >= 15 is 0 Å². The molecule has 0 spiro atoms. The summed E-state index contributed by atoms with van der Waals surface area (Å²) in [4.78, 5) is 24.4. The van der Waals surface area contributed by atoms with Gasteiger partial charge in [-0.2, -0.15) is 0 Å². The zero-order valence-electron chi connectivity index (χ0n) is 9.04. The van der Waals surface area contributed by atoms with Gasteiger partial charge in [-0.25, -0.2) is 4.39 Å². The van der Waals surface area contributed by atoms with Crippen LogP contribution in [-0.2, 0) is 4.79 Å². The molecule has 0 aromatic heterocycles. The van der Waals surface area contributed by atoms with Crippen LogP contribution in [0, 0.1) is 12.7 Å². The second-order valence-corrected chi connectivity index (χ2v) is 4.00. The van der Waals surface area contributed by atoms with E-state index in [-0.39, 0.29) is 17.8 Å². The van der Waals surface area contributed by atoms with Gasteiger partial charge in [0.2, 0.25) is 0 Å². The Hall–Kier alpha value is -1.68. The van der Waals surface area contributed by atoms with Gasteiger partial charge >= 0.3 is 0 Å². The molecule has 3 nitrogen and oxygen atoms in total. The average molecular weight is 254 g/mol. The third-order valence-corrected chi connectivity index (χ3v) is 2.72. The van der Waals surface area contributed by atoms with Gasteiger partial charge in [0.25, 0.3) is 11.7 Å². The van der Waals surface area contributed by atoms with E-state index in [1.165, 1.54) is 23.7 Å². The largest absolute Gasteiger partial charge is 0.299 e. The van der Waals surface area contributed by atoms with Crippen molar-refractivity contribution in [1.29, 1.82) is 0 Å². The fourth-order valence-corrected chi connectivity index (χ4v) is 1.92. The highest BCUT2D eigenvalue weighted by Crippen LogP contribution is 2.32. The first kappa shape index (κ1) is 11.8. The number of hydrogen-bond donors (Lipinski definition) is 0. The van der Waals surface area contributed by atoms with E-state index in [1.807, 2.05) is 0 Å². The van der Waals surface area contributed by atoms with Crippen molar-refractivity contribution in [1.82, 2.24) is 0 Å². The number of anilines is 1. The monoisotopic (exact) mass is 253 g/mol. The van der Waals surface area contributed by atoms with Gasteiger partial charge in [0.1, 0.15) is 5.82 Å². The number of carbonyl (C=O) groups is 2. The van der Waals surface area contributed by atoms with Crippen molar-refractivity contribution in [3.05, 3.63) is 40.7 Å². The molecule has 0 radical (unpaired) electrons. The standard InChI is InChI=1S/C12H9ClFNO2/c1-7-5-8-10(9(14)6-7)15(4-2-3-13)12(17)11(8)16/h2-3,5-6H,4H2,1H3/b3-2+. The number of nitrogens with zero attached hydrogens (tertiary/aromatic N) is 1. The second-order valence-electron chi connectivity index (χ2n) is 3.75. The van der Waals surface area contributed by atoms with E-state index < -0.39 is 17.5 Å². The fraction of sp³-hybridized carbons (Fsp3) is 0.167. The molecule has 0 saturated carbocycles. The van der Waals surface area contributed by atoms with Crippen LogP contribution < -0.4 is 4.90 Å². The highest BCUT2D eigenvalue weighted by Gasteiger charge is 2.37. The van der Waals surface area contributed by atoms with Crippen LogP contribution in [0.15, 0.2) is 23.7 Å². The number of Topliss-reactive ketones (excluding diaryl/α,β-unsaturated/α-hetero) is 1. The average Bonchev–Trinajstić information content (AvgIpc) is 2.51. The first-order valence-corrected chi connectivity index (χ1v) is 5.41. The molecule has 2 rings (SSSR count). The molecule has 17 heavy (non-hydrogen) atoms. The fourth-order valence-electron chi connectivity index (χ4n) is 1.84. The van der Waals surface area contributed by atoms with Crippen LogP contribution >= 0.6 is 11.6 Å². The minimum atomic E-state index is -0.723. The van der Waals surface area contributed by atoms with E-state index in [9.17, 15) is 14.0 Å². The van der Waals surface area contributed by atoms with Gasteiger partial charge in [0.15, 0.2) is 0 Å². The maximum atomic E-state index is 13.8. The summed E-state index contributed by atoms with van der Waals surface area (Å²) in [7, 11) is 0. The normalized spacial score (nSPS) is 14.9. The van der Waals surface area contributed by atoms with Crippen LogP contribution in [0.4, 0.5) is 10.1 Å². The summed E-state index contributed by atoms with van der Waals surface area (Å²) in [5, 5.41) is 0. The van der Waals surface area contributed by atoms with Crippen LogP contribution in [0.2, 0.25) is 0 Å². The molecule has 0 saturated heterocycles. The predicted octanol–water partition coefficient (Wildman–Crippen LogP) is 2.42. The van der Waals surface area contributed by atoms with Crippen LogP contribution in [0.5, 0.6) is 0 Å². The number of hydrogen-bond acceptors (Lipinski definition) is 2. The highest BCUT2D eigenvalue weighted by molar-refractivity contribution is 6.52. The minimum absolute atomic E-state index is 0.0420. The van der Waals surface area contributed by atoms with Crippen molar-refractivity contribution < 1.29 is 14.0 Å². The van der Waals surface area contributed by atoms with Crippen LogP contribution in [0.25, 0.3) is 0 Å². The van der Waals surface area contributed by atoms with Gasteiger partial charge < -0.3 is 0 Å². The lowest BCUT2D eigenvalue weighted by molar-refractivity contribution is -0.114. The summed E-state index contributed by atoms with van der Waals surface area (Å²) in [6.07, 6.45) is 1.47. The van der Waals surface area contributed by atoms with Gasteiger partial charge in [-0.1, -0.05) is 17.7 Å². The molecular weight excluding hydrogens is 245 g/mol. The van der Waals surface area contributed by atoms with Crippen LogP contribution in [0.3, 0.4) is 0 Å². The van der Waals surface area contributed by atoms with Gasteiger partial charge in [-0.05, 0) is 24.6 Å². The Balaban J connectivity index is 2.56. The molecule has 1 aromatic carbocycles. The molecule has 0 bridgehead atoms. The molecular formula is C12H9ClFNO2. The molecule has 1 amide bonds. The number of aryl methyl sites for hydroxylation is 1. The summed E-state index contributed by atoms with van der Waals surface area (Å²) in [6.45, 7) is 1.75. The molecule has 1 aliphatic heterocycles. The number of amides is 1. The van der Waals surface area contributed by atoms with E-state index in [0.29, 0.717) is 5.56 Å². The van der Waals surface area contributed by atoms with E-state index in [4.69, 9.17) is 11.6 Å². The minimum Gasteiger partial charge on any atom is -0.298 e. The Morgan fingerprint density at radius 2 is 2.12 bits per heavy atom. The van der Waals surface area contributed by atoms with Crippen molar-refractivity contribution in [2.24, 2.45) is 0 Å². The number of rotatable bonds is 2. The van der Waals surface area contributed by atoms with E-state index in [0.717, 1.165) is 4.90 Å². The molecule has 0 aliphatic carbocycles. The number of fused-ring (bicyclic) bond motifs is 1. The SMILES string of the molecule is Cc1cc(F)c2c(c1)C(=O)C(=O)N2C/C=C/Cl. The van der Waals surface area contributed by atoms with E-state index in [2.05, 4.69) is 0 Å². The number of ketones is 1. The predicted molar refractivity (Wildman–Crippen MR) is 62.8 cm³/mol. The molecule has 1 heterocycles. The van der Waals surface area contributed by atoms with Gasteiger partial charge in [-0.3, -0.25) is 14.5 Å². The zero-order chi connectivity index (χ0) is 12.6. The Labute approximate surface area is 102 Å². The lowest BCUT2D eigenvalue weighted by Crippen LogP contribution is -2.30. The van der Waals surface area contributed by atoms with Crippen molar-refractivity contribution in [2.75, 3.05) is 11.4 Å². The Bertz CT molecular complexity index is 540. The Kier molecular flexibility index (Phi) is 2.98. The van der Waals surface area contributed by atoms with Crippen molar-refractivity contribution in [3.8, 4) is 0 Å². The third kappa shape index (κ3) is 1.85. The van der Waals surface area contributed by atoms with Gasteiger partial charge in [-0.15, -0.1) is 0 Å².